The SMILES string of the molecule is CCCc1cc[n+](Cc2cc(=O)oc3ccc4ccccc4c23)cc1. The van der Waals surface area contributed by atoms with Crippen LogP contribution in [0.25, 0.3) is 21.7 Å². The van der Waals surface area contributed by atoms with Crippen LogP contribution in [0, 0.1) is 0 Å². The average molecular weight is 330 g/mol. The Morgan fingerprint density at radius 1 is 1.00 bits per heavy atom. The molecule has 0 saturated carbocycles. The molecule has 2 aromatic heterocycles. The third-order valence-electron chi connectivity index (χ3n) is 4.57. The summed E-state index contributed by atoms with van der Waals surface area (Å²) < 4.78 is 7.54. The molecule has 124 valence electrons. The highest BCUT2D eigenvalue weighted by atomic mass is 16.4. The fourth-order valence-corrected chi connectivity index (χ4v) is 3.39. The van der Waals surface area contributed by atoms with Crippen molar-refractivity contribution >= 4 is 21.7 Å². The average Bonchev–Trinajstić information content (AvgIpc) is 2.63. The van der Waals surface area contributed by atoms with Gasteiger partial charge in [0.05, 0.1) is 0 Å². The van der Waals surface area contributed by atoms with Crippen molar-refractivity contribution in [1.82, 2.24) is 0 Å². The Hall–Kier alpha value is -2.94. The molecule has 0 aliphatic heterocycles. The van der Waals surface area contributed by atoms with E-state index in [1.165, 1.54) is 5.56 Å². The lowest BCUT2D eigenvalue weighted by molar-refractivity contribution is -0.688. The van der Waals surface area contributed by atoms with Gasteiger partial charge >= 0.3 is 5.63 Å². The van der Waals surface area contributed by atoms with E-state index in [0.717, 1.165) is 34.6 Å². The van der Waals surface area contributed by atoms with Crippen molar-refractivity contribution < 1.29 is 8.98 Å². The third kappa shape index (κ3) is 3.05. The zero-order valence-electron chi connectivity index (χ0n) is 14.2. The normalized spacial score (nSPS) is 11.2. The fourth-order valence-electron chi connectivity index (χ4n) is 3.39. The maximum absolute atomic E-state index is 12.0. The molecule has 3 heteroatoms. The lowest BCUT2D eigenvalue weighted by atomic mass is 10.0. The molecule has 0 bridgehead atoms. The summed E-state index contributed by atoms with van der Waals surface area (Å²) in [4.78, 5) is 12.0. The van der Waals surface area contributed by atoms with Gasteiger partial charge < -0.3 is 4.42 Å². The molecule has 0 saturated heterocycles. The largest absolute Gasteiger partial charge is 0.423 e. The smallest absolute Gasteiger partial charge is 0.336 e. The molecule has 0 aliphatic rings. The van der Waals surface area contributed by atoms with Crippen LogP contribution < -0.4 is 10.2 Å². The third-order valence-corrected chi connectivity index (χ3v) is 4.57. The summed E-state index contributed by atoms with van der Waals surface area (Å²) in [6.07, 6.45) is 6.39. The van der Waals surface area contributed by atoms with Gasteiger partial charge in [-0.25, -0.2) is 9.36 Å². The van der Waals surface area contributed by atoms with E-state index in [1.807, 2.05) is 24.3 Å². The first kappa shape index (κ1) is 15.6. The minimum atomic E-state index is -0.305. The summed E-state index contributed by atoms with van der Waals surface area (Å²) in [5, 5.41) is 3.28. The Morgan fingerprint density at radius 3 is 2.60 bits per heavy atom. The maximum Gasteiger partial charge on any atom is 0.336 e. The standard InChI is InChI=1S/C22H20NO2/c1-2-5-16-10-12-23(13-11-16)15-18-14-21(24)25-20-9-8-17-6-3-4-7-19(17)22(18)20/h3-4,6-14H,2,5,15H2,1H3/q+1. The molecule has 0 radical (unpaired) electrons. The van der Waals surface area contributed by atoms with Crippen molar-refractivity contribution in [2.45, 2.75) is 26.3 Å². The zero-order chi connectivity index (χ0) is 17.2. The van der Waals surface area contributed by atoms with Gasteiger partial charge in [-0.05, 0) is 28.8 Å². The van der Waals surface area contributed by atoms with Crippen molar-refractivity contribution in [3.8, 4) is 0 Å². The van der Waals surface area contributed by atoms with E-state index in [9.17, 15) is 4.79 Å². The minimum absolute atomic E-state index is 0.305. The van der Waals surface area contributed by atoms with E-state index in [4.69, 9.17) is 4.42 Å². The van der Waals surface area contributed by atoms with Gasteiger partial charge in [0.15, 0.2) is 18.9 Å². The molecule has 0 N–H and O–H groups in total. The van der Waals surface area contributed by atoms with Crippen LogP contribution in [0.15, 0.2) is 76.2 Å². The Morgan fingerprint density at radius 2 is 1.80 bits per heavy atom. The first-order chi connectivity index (χ1) is 12.2. The van der Waals surface area contributed by atoms with Crippen LogP contribution in [0.5, 0.6) is 0 Å². The maximum atomic E-state index is 12.0. The van der Waals surface area contributed by atoms with Gasteiger partial charge in [-0.3, -0.25) is 0 Å². The van der Waals surface area contributed by atoms with Gasteiger partial charge in [-0.15, -0.1) is 0 Å². The van der Waals surface area contributed by atoms with Crippen LogP contribution in [0.3, 0.4) is 0 Å². The quantitative estimate of drug-likeness (QED) is 0.319. The van der Waals surface area contributed by atoms with Gasteiger partial charge in [0.1, 0.15) is 5.58 Å². The second-order valence-corrected chi connectivity index (χ2v) is 6.38. The zero-order valence-corrected chi connectivity index (χ0v) is 14.2. The number of pyridine rings is 1. The van der Waals surface area contributed by atoms with E-state index >= 15 is 0 Å². The molecule has 2 aromatic carbocycles. The van der Waals surface area contributed by atoms with E-state index in [1.54, 1.807) is 6.07 Å². The number of nitrogens with zero attached hydrogens (tertiary/aromatic N) is 1. The van der Waals surface area contributed by atoms with Crippen LogP contribution >= 0.6 is 0 Å². The van der Waals surface area contributed by atoms with Crippen molar-refractivity contribution in [1.29, 1.82) is 0 Å². The molecule has 0 atom stereocenters. The summed E-state index contributed by atoms with van der Waals surface area (Å²) in [7, 11) is 0. The lowest BCUT2D eigenvalue weighted by Crippen LogP contribution is -2.33. The molecule has 0 aliphatic carbocycles. The topological polar surface area (TPSA) is 34.1 Å². The Balaban J connectivity index is 1.85. The van der Waals surface area contributed by atoms with Gasteiger partial charge in [0, 0.05) is 29.1 Å². The molecule has 0 unspecified atom stereocenters. The number of fused-ring (bicyclic) bond motifs is 3. The van der Waals surface area contributed by atoms with Crippen LogP contribution in [-0.2, 0) is 13.0 Å². The summed E-state index contributed by atoms with van der Waals surface area (Å²) >= 11 is 0. The van der Waals surface area contributed by atoms with Crippen molar-refractivity contribution in [2.24, 2.45) is 0 Å². The van der Waals surface area contributed by atoms with E-state index in [2.05, 4.69) is 48.1 Å². The molecular weight excluding hydrogens is 310 g/mol. The van der Waals surface area contributed by atoms with E-state index < -0.39 is 0 Å². The van der Waals surface area contributed by atoms with Crippen molar-refractivity contribution in [2.75, 3.05) is 0 Å². The van der Waals surface area contributed by atoms with Crippen LogP contribution in [-0.4, -0.2) is 0 Å². The Labute approximate surface area is 146 Å². The van der Waals surface area contributed by atoms with E-state index in [0.29, 0.717) is 12.1 Å². The summed E-state index contributed by atoms with van der Waals surface area (Å²) in [6, 6.07) is 18.0. The van der Waals surface area contributed by atoms with Gasteiger partial charge in [-0.1, -0.05) is 43.7 Å². The highest BCUT2D eigenvalue weighted by molar-refractivity contribution is 6.06. The highest BCUT2D eigenvalue weighted by Crippen LogP contribution is 2.27. The van der Waals surface area contributed by atoms with Crippen molar-refractivity contribution in [3.63, 3.8) is 0 Å². The summed E-state index contributed by atoms with van der Waals surface area (Å²) in [5.74, 6) is 0. The lowest BCUT2D eigenvalue weighted by Gasteiger charge is -2.07. The minimum Gasteiger partial charge on any atom is -0.423 e. The number of rotatable bonds is 4. The van der Waals surface area contributed by atoms with Crippen LogP contribution in [0.2, 0.25) is 0 Å². The second kappa shape index (κ2) is 6.52. The number of aromatic nitrogens is 1. The highest BCUT2D eigenvalue weighted by Gasteiger charge is 2.13. The Bertz CT molecular complexity index is 1090. The molecule has 0 fully saturated rings. The van der Waals surface area contributed by atoms with Gasteiger partial charge in [0.25, 0.3) is 0 Å². The van der Waals surface area contributed by atoms with Gasteiger partial charge in [-0.2, -0.15) is 0 Å². The Kier molecular flexibility index (Phi) is 4.06. The molecular formula is C22H20NO2+. The van der Waals surface area contributed by atoms with E-state index in [-0.39, 0.29) is 5.63 Å². The molecule has 0 amide bonds. The molecule has 0 spiro atoms. The summed E-state index contributed by atoms with van der Waals surface area (Å²) in [6.45, 7) is 2.82. The van der Waals surface area contributed by atoms with Gasteiger partial charge in [0.2, 0.25) is 0 Å². The molecule has 4 rings (SSSR count). The molecule has 25 heavy (non-hydrogen) atoms. The fraction of sp³-hybridized carbons (Fsp3) is 0.182. The molecule has 4 aromatic rings. The monoisotopic (exact) mass is 330 g/mol. The predicted octanol–water partition coefficient (Wildman–Crippen LogP) is 4.23. The number of hydrogen-bond donors (Lipinski definition) is 0. The van der Waals surface area contributed by atoms with Crippen molar-refractivity contribution in [3.05, 3.63) is 88.5 Å². The first-order valence-corrected chi connectivity index (χ1v) is 8.67. The number of benzene rings is 2. The van der Waals surface area contributed by atoms with Crippen LogP contribution in [0.1, 0.15) is 24.5 Å². The number of aryl methyl sites for hydroxylation is 1. The molecule has 2 heterocycles. The first-order valence-electron chi connectivity index (χ1n) is 8.67. The predicted molar refractivity (Wildman–Crippen MR) is 99.7 cm³/mol. The second-order valence-electron chi connectivity index (χ2n) is 6.38. The number of hydrogen-bond acceptors (Lipinski definition) is 2. The van der Waals surface area contributed by atoms with Crippen LogP contribution in [0.4, 0.5) is 0 Å². The summed E-state index contributed by atoms with van der Waals surface area (Å²) in [5.41, 5.74) is 2.66. The molecule has 3 nitrogen and oxygen atoms in total.